The predicted molar refractivity (Wildman–Crippen MR) is 59.7 cm³/mol. The van der Waals surface area contributed by atoms with Gasteiger partial charge in [0.2, 0.25) is 0 Å². The lowest BCUT2D eigenvalue weighted by molar-refractivity contribution is 0.301. The van der Waals surface area contributed by atoms with Crippen molar-refractivity contribution in [2.24, 2.45) is 11.7 Å². The van der Waals surface area contributed by atoms with Crippen molar-refractivity contribution >= 4 is 0 Å². The second kappa shape index (κ2) is 4.62. The Morgan fingerprint density at radius 3 is 2.87 bits per heavy atom. The van der Waals surface area contributed by atoms with Crippen molar-refractivity contribution in [3.8, 4) is 5.75 Å². The molecule has 0 aliphatic heterocycles. The Balaban J connectivity index is 1.80. The van der Waals surface area contributed by atoms with Crippen LogP contribution in [-0.2, 0) is 0 Å². The average molecular weight is 206 g/mol. The lowest BCUT2D eigenvalue weighted by Gasteiger charge is -2.07. The third kappa shape index (κ3) is 3.20. The van der Waals surface area contributed by atoms with Crippen LogP contribution >= 0.6 is 0 Å². The molecular weight excluding hydrogens is 188 g/mol. The molecule has 0 bridgehead atoms. The van der Waals surface area contributed by atoms with Crippen molar-refractivity contribution in [1.29, 1.82) is 0 Å². The molecule has 1 atom stereocenters. The highest BCUT2D eigenvalue weighted by atomic mass is 16.5. The summed E-state index contributed by atoms with van der Waals surface area (Å²) in [5.74, 6) is 1.77. The summed E-state index contributed by atoms with van der Waals surface area (Å²) < 4.78 is 5.59. The topological polar surface area (TPSA) is 48.1 Å². The molecule has 0 amide bonds. The summed E-state index contributed by atoms with van der Waals surface area (Å²) in [5.41, 5.74) is 6.62. The van der Waals surface area contributed by atoms with Gasteiger partial charge < -0.3 is 10.5 Å². The van der Waals surface area contributed by atoms with Crippen molar-refractivity contribution < 1.29 is 4.74 Å². The van der Waals surface area contributed by atoms with E-state index in [1.54, 1.807) is 6.20 Å². The highest BCUT2D eigenvalue weighted by Crippen LogP contribution is 2.32. The number of hydrogen-bond acceptors (Lipinski definition) is 3. The number of nitrogens with two attached hydrogens (primary N) is 1. The van der Waals surface area contributed by atoms with E-state index >= 15 is 0 Å². The molecule has 1 saturated carbocycles. The standard InChI is InChI=1S/C12H18N2O/c1-9(13)12-5-4-11(8-14-12)15-7-6-10-2-3-10/h4-5,8-10H,2-3,6-7,13H2,1H3/t9-/m1/s1. The second-order valence-electron chi connectivity index (χ2n) is 4.29. The summed E-state index contributed by atoms with van der Waals surface area (Å²) in [6.45, 7) is 2.74. The number of nitrogens with zero attached hydrogens (tertiary/aromatic N) is 1. The first-order valence-corrected chi connectivity index (χ1v) is 5.60. The van der Waals surface area contributed by atoms with Gasteiger partial charge in [0.1, 0.15) is 5.75 Å². The van der Waals surface area contributed by atoms with Crippen LogP contribution in [0.5, 0.6) is 5.75 Å². The fraction of sp³-hybridized carbons (Fsp3) is 0.583. The smallest absolute Gasteiger partial charge is 0.137 e. The maximum Gasteiger partial charge on any atom is 0.137 e. The maximum atomic E-state index is 5.71. The number of aromatic nitrogens is 1. The summed E-state index contributed by atoms with van der Waals surface area (Å²) in [7, 11) is 0. The Labute approximate surface area is 90.7 Å². The van der Waals surface area contributed by atoms with E-state index in [1.807, 2.05) is 19.1 Å². The first-order chi connectivity index (χ1) is 7.25. The van der Waals surface area contributed by atoms with Crippen LogP contribution in [0.15, 0.2) is 18.3 Å². The minimum Gasteiger partial charge on any atom is -0.492 e. The Morgan fingerprint density at radius 1 is 1.53 bits per heavy atom. The van der Waals surface area contributed by atoms with Gasteiger partial charge in [0.15, 0.2) is 0 Å². The van der Waals surface area contributed by atoms with E-state index in [2.05, 4.69) is 4.98 Å². The molecule has 15 heavy (non-hydrogen) atoms. The van der Waals surface area contributed by atoms with Crippen molar-refractivity contribution in [2.45, 2.75) is 32.2 Å². The molecule has 3 heteroatoms. The normalized spacial score (nSPS) is 17.5. The molecule has 0 radical (unpaired) electrons. The first-order valence-electron chi connectivity index (χ1n) is 5.60. The Kier molecular flexibility index (Phi) is 3.21. The molecular formula is C12H18N2O. The first kappa shape index (κ1) is 10.4. The van der Waals surface area contributed by atoms with Crippen molar-refractivity contribution in [1.82, 2.24) is 4.98 Å². The molecule has 1 aromatic rings. The molecule has 0 aromatic carbocycles. The Morgan fingerprint density at radius 2 is 2.33 bits per heavy atom. The summed E-state index contributed by atoms with van der Waals surface area (Å²) >= 11 is 0. The molecule has 2 N–H and O–H groups in total. The van der Waals surface area contributed by atoms with Gasteiger partial charge in [-0.25, -0.2) is 0 Å². The van der Waals surface area contributed by atoms with Crippen molar-refractivity contribution in [3.63, 3.8) is 0 Å². The van der Waals surface area contributed by atoms with Gasteiger partial charge in [-0.3, -0.25) is 4.98 Å². The third-order valence-corrected chi connectivity index (χ3v) is 2.72. The van der Waals surface area contributed by atoms with Gasteiger partial charge in [-0.2, -0.15) is 0 Å². The lowest BCUT2D eigenvalue weighted by Crippen LogP contribution is -2.07. The van der Waals surface area contributed by atoms with Gasteiger partial charge in [0, 0.05) is 6.04 Å². The molecule has 1 aromatic heterocycles. The number of rotatable bonds is 5. The third-order valence-electron chi connectivity index (χ3n) is 2.72. The Bertz CT molecular complexity index is 304. The molecule has 82 valence electrons. The van der Waals surface area contributed by atoms with E-state index in [0.29, 0.717) is 0 Å². The zero-order valence-electron chi connectivity index (χ0n) is 9.15. The van der Waals surface area contributed by atoms with Crippen LogP contribution in [-0.4, -0.2) is 11.6 Å². The molecule has 1 aliphatic rings. The van der Waals surface area contributed by atoms with Crippen LogP contribution < -0.4 is 10.5 Å². The molecule has 1 aliphatic carbocycles. The summed E-state index contributed by atoms with van der Waals surface area (Å²) in [6.07, 6.45) is 5.69. The summed E-state index contributed by atoms with van der Waals surface area (Å²) in [4.78, 5) is 4.24. The highest BCUT2D eigenvalue weighted by Gasteiger charge is 2.20. The van der Waals surface area contributed by atoms with Crippen LogP contribution in [0.25, 0.3) is 0 Å². The number of ether oxygens (including phenoxy) is 1. The van der Waals surface area contributed by atoms with E-state index in [1.165, 1.54) is 19.3 Å². The molecule has 1 heterocycles. The zero-order valence-corrected chi connectivity index (χ0v) is 9.15. The molecule has 3 nitrogen and oxygen atoms in total. The molecule has 0 unspecified atom stereocenters. The van der Waals surface area contributed by atoms with Crippen molar-refractivity contribution in [2.75, 3.05) is 6.61 Å². The van der Waals surface area contributed by atoms with Crippen LogP contribution in [0.2, 0.25) is 0 Å². The van der Waals surface area contributed by atoms with Gasteiger partial charge in [0.25, 0.3) is 0 Å². The second-order valence-corrected chi connectivity index (χ2v) is 4.29. The largest absolute Gasteiger partial charge is 0.492 e. The lowest BCUT2D eigenvalue weighted by atomic mass is 10.2. The quantitative estimate of drug-likeness (QED) is 0.804. The van der Waals surface area contributed by atoms with Crippen LogP contribution in [0, 0.1) is 5.92 Å². The fourth-order valence-corrected chi connectivity index (χ4v) is 1.50. The summed E-state index contributed by atoms with van der Waals surface area (Å²) in [5, 5.41) is 0. The monoisotopic (exact) mass is 206 g/mol. The van der Waals surface area contributed by atoms with Crippen LogP contribution in [0.1, 0.15) is 37.9 Å². The minimum atomic E-state index is -0.00878. The minimum absolute atomic E-state index is 0.00878. The maximum absolute atomic E-state index is 5.71. The predicted octanol–water partition coefficient (Wildman–Crippen LogP) is 2.28. The van der Waals surface area contributed by atoms with Gasteiger partial charge in [-0.15, -0.1) is 0 Å². The number of hydrogen-bond donors (Lipinski definition) is 1. The van der Waals surface area contributed by atoms with E-state index in [-0.39, 0.29) is 6.04 Å². The van der Waals surface area contributed by atoms with Gasteiger partial charge >= 0.3 is 0 Å². The van der Waals surface area contributed by atoms with Crippen LogP contribution in [0.4, 0.5) is 0 Å². The number of pyridine rings is 1. The van der Waals surface area contributed by atoms with Gasteiger partial charge in [-0.05, 0) is 31.4 Å². The molecule has 2 rings (SSSR count). The zero-order chi connectivity index (χ0) is 10.7. The molecule has 1 fully saturated rings. The fourth-order valence-electron chi connectivity index (χ4n) is 1.50. The average Bonchev–Trinajstić information content (AvgIpc) is 3.02. The van der Waals surface area contributed by atoms with E-state index < -0.39 is 0 Å². The van der Waals surface area contributed by atoms with E-state index in [0.717, 1.165) is 24.0 Å². The SMILES string of the molecule is C[C@@H](N)c1ccc(OCCC2CC2)cn1. The van der Waals surface area contributed by atoms with E-state index in [9.17, 15) is 0 Å². The van der Waals surface area contributed by atoms with Gasteiger partial charge in [-0.1, -0.05) is 12.8 Å². The Hall–Kier alpha value is -1.09. The van der Waals surface area contributed by atoms with Crippen LogP contribution in [0.3, 0.4) is 0 Å². The van der Waals surface area contributed by atoms with E-state index in [4.69, 9.17) is 10.5 Å². The van der Waals surface area contributed by atoms with Crippen molar-refractivity contribution in [3.05, 3.63) is 24.0 Å². The highest BCUT2D eigenvalue weighted by molar-refractivity contribution is 5.21. The molecule has 0 spiro atoms. The molecule has 0 saturated heterocycles. The van der Waals surface area contributed by atoms with Gasteiger partial charge in [0.05, 0.1) is 18.5 Å². The summed E-state index contributed by atoms with van der Waals surface area (Å²) in [6, 6.07) is 3.86.